The molecule has 1 heteroatoms. The van der Waals surface area contributed by atoms with Crippen molar-refractivity contribution in [1.29, 1.82) is 0 Å². The van der Waals surface area contributed by atoms with Crippen molar-refractivity contribution in [2.75, 3.05) is 0 Å². The fourth-order valence-corrected chi connectivity index (χ4v) is 3.24. The average Bonchev–Trinajstić information content (AvgIpc) is 2.99. The molecule has 2 rings (SSSR count). The molecule has 2 saturated carbocycles. The highest BCUT2D eigenvalue weighted by Crippen LogP contribution is 2.44. The van der Waals surface area contributed by atoms with Gasteiger partial charge >= 0.3 is 0 Å². The van der Waals surface area contributed by atoms with Gasteiger partial charge < -0.3 is 5.73 Å². The Hall–Kier alpha value is -0.0400. The Morgan fingerprint density at radius 3 is 1.60 bits per heavy atom. The van der Waals surface area contributed by atoms with E-state index in [-0.39, 0.29) is 0 Å². The average molecular weight is 209 g/mol. The molecular weight excluding hydrogens is 182 g/mol. The van der Waals surface area contributed by atoms with Crippen molar-refractivity contribution in [2.45, 2.75) is 65.3 Å². The molecule has 0 heterocycles. The SMILES string of the molecule is CC(C)(C)C1CCC(C(N)C2CC2)CC1. The van der Waals surface area contributed by atoms with Crippen LogP contribution < -0.4 is 5.73 Å². The van der Waals surface area contributed by atoms with Crippen molar-refractivity contribution < 1.29 is 0 Å². The predicted octanol–water partition coefficient (Wildman–Crippen LogP) is 3.58. The van der Waals surface area contributed by atoms with Gasteiger partial charge in [-0.25, -0.2) is 0 Å². The second-order valence-corrected chi connectivity index (χ2v) is 6.89. The molecule has 1 nitrogen and oxygen atoms in total. The predicted molar refractivity (Wildman–Crippen MR) is 65.6 cm³/mol. The van der Waals surface area contributed by atoms with E-state index in [1.807, 2.05) is 0 Å². The van der Waals surface area contributed by atoms with Gasteiger partial charge in [0.25, 0.3) is 0 Å². The summed E-state index contributed by atoms with van der Waals surface area (Å²) in [6, 6.07) is 0.533. The molecular formula is C14H27N. The Morgan fingerprint density at radius 2 is 1.27 bits per heavy atom. The molecule has 2 aliphatic carbocycles. The van der Waals surface area contributed by atoms with Gasteiger partial charge in [0, 0.05) is 6.04 Å². The Balaban J connectivity index is 1.81. The molecule has 2 aliphatic rings. The van der Waals surface area contributed by atoms with Crippen molar-refractivity contribution in [3.8, 4) is 0 Å². The van der Waals surface area contributed by atoms with Crippen molar-refractivity contribution >= 4 is 0 Å². The Morgan fingerprint density at radius 1 is 0.867 bits per heavy atom. The summed E-state index contributed by atoms with van der Waals surface area (Å²) in [7, 11) is 0. The highest BCUT2D eigenvalue weighted by atomic mass is 14.7. The largest absolute Gasteiger partial charge is 0.327 e. The van der Waals surface area contributed by atoms with Gasteiger partial charge in [-0.1, -0.05) is 20.8 Å². The minimum Gasteiger partial charge on any atom is -0.327 e. The fraction of sp³-hybridized carbons (Fsp3) is 1.00. The molecule has 2 N–H and O–H groups in total. The third kappa shape index (κ3) is 2.75. The molecule has 0 bridgehead atoms. The summed E-state index contributed by atoms with van der Waals surface area (Å²) in [6.45, 7) is 7.16. The molecule has 0 aromatic carbocycles. The number of hydrogen-bond acceptors (Lipinski definition) is 1. The van der Waals surface area contributed by atoms with Crippen molar-refractivity contribution in [1.82, 2.24) is 0 Å². The minimum atomic E-state index is 0.509. The molecule has 0 aromatic rings. The van der Waals surface area contributed by atoms with Gasteiger partial charge in [0.15, 0.2) is 0 Å². The summed E-state index contributed by atoms with van der Waals surface area (Å²) < 4.78 is 0. The van der Waals surface area contributed by atoms with Crippen LogP contribution >= 0.6 is 0 Å². The van der Waals surface area contributed by atoms with Crippen LogP contribution in [0.1, 0.15) is 59.3 Å². The van der Waals surface area contributed by atoms with Crippen LogP contribution in [0.25, 0.3) is 0 Å². The molecule has 1 unspecified atom stereocenters. The van der Waals surface area contributed by atoms with Gasteiger partial charge in [-0.15, -0.1) is 0 Å². The maximum absolute atomic E-state index is 6.31. The lowest BCUT2D eigenvalue weighted by atomic mass is 9.68. The highest BCUT2D eigenvalue weighted by Gasteiger charge is 2.37. The first-order valence-electron chi connectivity index (χ1n) is 6.74. The van der Waals surface area contributed by atoms with Crippen molar-refractivity contribution in [2.24, 2.45) is 28.9 Å². The normalized spacial score (nSPS) is 35.2. The van der Waals surface area contributed by atoms with Crippen LogP contribution in [-0.2, 0) is 0 Å². The molecule has 1 atom stereocenters. The maximum Gasteiger partial charge on any atom is 0.00956 e. The summed E-state index contributed by atoms with van der Waals surface area (Å²) in [4.78, 5) is 0. The Bertz CT molecular complexity index is 204. The van der Waals surface area contributed by atoms with E-state index in [1.165, 1.54) is 38.5 Å². The first-order chi connectivity index (χ1) is 6.98. The smallest absolute Gasteiger partial charge is 0.00956 e. The van der Waals surface area contributed by atoms with E-state index >= 15 is 0 Å². The van der Waals surface area contributed by atoms with Crippen LogP contribution in [0, 0.1) is 23.2 Å². The second-order valence-electron chi connectivity index (χ2n) is 6.89. The second kappa shape index (κ2) is 4.08. The monoisotopic (exact) mass is 209 g/mol. The van der Waals surface area contributed by atoms with E-state index in [4.69, 9.17) is 5.73 Å². The minimum absolute atomic E-state index is 0.509. The zero-order valence-corrected chi connectivity index (χ0v) is 10.6. The van der Waals surface area contributed by atoms with Crippen LogP contribution in [0.3, 0.4) is 0 Å². The quantitative estimate of drug-likeness (QED) is 0.739. The fourth-order valence-electron chi connectivity index (χ4n) is 3.24. The van der Waals surface area contributed by atoms with E-state index in [2.05, 4.69) is 20.8 Å². The van der Waals surface area contributed by atoms with Crippen LogP contribution in [0.2, 0.25) is 0 Å². The van der Waals surface area contributed by atoms with Crippen molar-refractivity contribution in [3.05, 3.63) is 0 Å². The summed E-state index contributed by atoms with van der Waals surface area (Å²) in [5.74, 6) is 2.66. The first-order valence-corrected chi connectivity index (χ1v) is 6.74. The van der Waals surface area contributed by atoms with E-state index in [1.54, 1.807) is 0 Å². The molecule has 0 amide bonds. The van der Waals surface area contributed by atoms with Crippen molar-refractivity contribution in [3.63, 3.8) is 0 Å². The third-order valence-corrected chi connectivity index (χ3v) is 4.71. The van der Waals surface area contributed by atoms with Gasteiger partial charge in [0.05, 0.1) is 0 Å². The Kier molecular flexibility index (Phi) is 3.12. The van der Waals surface area contributed by atoms with Gasteiger partial charge in [-0.05, 0) is 61.7 Å². The third-order valence-electron chi connectivity index (χ3n) is 4.71. The molecule has 88 valence electrons. The van der Waals surface area contributed by atoms with Gasteiger partial charge in [0.1, 0.15) is 0 Å². The topological polar surface area (TPSA) is 26.0 Å². The standard InChI is InChI=1S/C14H27N/c1-14(2,3)12-8-6-11(7-9-12)13(15)10-4-5-10/h10-13H,4-9,15H2,1-3H3. The summed E-state index contributed by atoms with van der Waals surface area (Å²) in [5.41, 5.74) is 6.82. The maximum atomic E-state index is 6.31. The van der Waals surface area contributed by atoms with Crippen LogP contribution in [0.4, 0.5) is 0 Å². The number of hydrogen-bond donors (Lipinski definition) is 1. The van der Waals surface area contributed by atoms with E-state index in [9.17, 15) is 0 Å². The van der Waals surface area contributed by atoms with Crippen LogP contribution in [0.5, 0.6) is 0 Å². The lowest BCUT2D eigenvalue weighted by Gasteiger charge is -2.38. The number of rotatable bonds is 2. The summed E-state index contributed by atoms with van der Waals surface area (Å²) in [6.07, 6.45) is 8.41. The van der Waals surface area contributed by atoms with Gasteiger partial charge in [0.2, 0.25) is 0 Å². The zero-order chi connectivity index (χ0) is 11.1. The summed E-state index contributed by atoms with van der Waals surface area (Å²) in [5, 5.41) is 0. The first kappa shape index (κ1) is 11.4. The number of nitrogens with two attached hydrogens (primary N) is 1. The van der Waals surface area contributed by atoms with E-state index in [0.29, 0.717) is 11.5 Å². The molecule has 15 heavy (non-hydrogen) atoms. The molecule has 0 radical (unpaired) electrons. The lowest BCUT2D eigenvalue weighted by Crippen LogP contribution is -2.36. The molecule has 0 aliphatic heterocycles. The Labute approximate surface area is 94.8 Å². The van der Waals surface area contributed by atoms with Crippen LogP contribution in [0.15, 0.2) is 0 Å². The van der Waals surface area contributed by atoms with Gasteiger partial charge in [-0.3, -0.25) is 0 Å². The zero-order valence-electron chi connectivity index (χ0n) is 10.6. The lowest BCUT2D eigenvalue weighted by molar-refractivity contribution is 0.136. The molecule has 2 fully saturated rings. The molecule has 0 saturated heterocycles. The molecule has 0 spiro atoms. The van der Waals surface area contributed by atoms with Crippen LogP contribution in [-0.4, -0.2) is 6.04 Å². The van der Waals surface area contributed by atoms with E-state index < -0.39 is 0 Å². The van der Waals surface area contributed by atoms with E-state index in [0.717, 1.165) is 17.8 Å². The van der Waals surface area contributed by atoms with Gasteiger partial charge in [-0.2, -0.15) is 0 Å². The molecule has 0 aromatic heterocycles. The summed E-state index contributed by atoms with van der Waals surface area (Å²) >= 11 is 0. The highest BCUT2D eigenvalue weighted by molar-refractivity contribution is 4.91.